The molecule has 1 aliphatic rings. The van der Waals surface area contributed by atoms with Gasteiger partial charge in [0.05, 0.1) is 24.0 Å². The van der Waals surface area contributed by atoms with Gasteiger partial charge in [-0.15, -0.1) is 0 Å². The van der Waals surface area contributed by atoms with Crippen LogP contribution in [0.25, 0.3) is 0 Å². The number of carbonyl (C=O) groups excluding carboxylic acids is 2. The molecule has 17 heavy (non-hydrogen) atoms. The minimum atomic E-state index is -0.147. The van der Waals surface area contributed by atoms with Gasteiger partial charge in [-0.25, -0.2) is 0 Å². The molecule has 1 saturated heterocycles. The molecule has 0 unspecified atom stereocenters. The summed E-state index contributed by atoms with van der Waals surface area (Å²) in [4.78, 5) is 28.9. The van der Waals surface area contributed by atoms with E-state index < -0.39 is 0 Å². The number of rotatable bonds is 2. The van der Waals surface area contributed by atoms with Crippen molar-refractivity contribution in [1.29, 1.82) is 0 Å². The Kier molecular flexibility index (Phi) is 3.22. The maximum atomic E-state index is 12.2. The molecule has 0 saturated carbocycles. The Morgan fingerprint density at radius 2 is 2.41 bits per heavy atom. The first-order chi connectivity index (χ1) is 8.22. The molecule has 6 heteroatoms. The van der Waals surface area contributed by atoms with E-state index in [4.69, 9.17) is 0 Å². The number of hydrogen-bond donors (Lipinski definition) is 2. The van der Waals surface area contributed by atoms with Gasteiger partial charge in [0.1, 0.15) is 0 Å². The fourth-order valence-corrected chi connectivity index (χ4v) is 1.76. The molecular weight excluding hydrogens is 220 g/mol. The van der Waals surface area contributed by atoms with Gasteiger partial charge >= 0.3 is 0 Å². The van der Waals surface area contributed by atoms with Crippen LogP contribution in [0.3, 0.4) is 0 Å². The average Bonchev–Trinajstić information content (AvgIpc) is 2.38. The fraction of sp³-hybridized carbons (Fsp3) is 0.364. The van der Waals surface area contributed by atoms with Crippen molar-refractivity contribution >= 4 is 17.5 Å². The van der Waals surface area contributed by atoms with E-state index in [1.54, 1.807) is 25.5 Å². The number of pyridine rings is 1. The second kappa shape index (κ2) is 4.82. The lowest BCUT2D eigenvalue weighted by Crippen LogP contribution is -2.50. The summed E-state index contributed by atoms with van der Waals surface area (Å²) in [6.07, 6.45) is 3.16. The Bertz CT molecular complexity index is 447. The average molecular weight is 234 g/mol. The Balaban J connectivity index is 2.21. The van der Waals surface area contributed by atoms with E-state index in [-0.39, 0.29) is 18.4 Å². The largest absolute Gasteiger partial charge is 0.386 e. The lowest BCUT2D eigenvalue weighted by molar-refractivity contribution is -0.123. The van der Waals surface area contributed by atoms with Crippen LogP contribution >= 0.6 is 0 Å². The summed E-state index contributed by atoms with van der Waals surface area (Å²) in [7, 11) is 1.73. The van der Waals surface area contributed by atoms with Crippen molar-refractivity contribution in [3.63, 3.8) is 0 Å². The quantitative estimate of drug-likeness (QED) is 0.736. The van der Waals surface area contributed by atoms with Crippen LogP contribution in [0, 0.1) is 0 Å². The Morgan fingerprint density at radius 3 is 3.12 bits per heavy atom. The smallest absolute Gasteiger partial charge is 0.256 e. The molecule has 1 fully saturated rings. The van der Waals surface area contributed by atoms with Gasteiger partial charge < -0.3 is 15.5 Å². The monoisotopic (exact) mass is 234 g/mol. The molecule has 0 radical (unpaired) electrons. The molecule has 2 N–H and O–H groups in total. The molecule has 1 aromatic rings. The number of nitrogens with one attached hydrogen (secondary N) is 2. The molecule has 0 spiro atoms. The van der Waals surface area contributed by atoms with Crippen LogP contribution in [0.1, 0.15) is 10.4 Å². The van der Waals surface area contributed by atoms with E-state index in [2.05, 4.69) is 15.6 Å². The second-order valence-corrected chi connectivity index (χ2v) is 3.75. The van der Waals surface area contributed by atoms with Crippen molar-refractivity contribution in [1.82, 2.24) is 15.2 Å². The first-order valence-corrected chi connectivity index (χ1v) is 5.40. The molecule has 6 nitrogen and oxygen atoms in total. The number of amides is 2. The molecule has 0 atom stereocenters. The molecule has 0 aromatic carbocycles. The Morgan fingerprint density at radius 1 is 1.59 bits per heavy atom. The highest BCUT2D eigenvalue weighted by atomic mass is 16.2. The minimum Gasteiger partial charge on any atom is -0.386 e. The number of nitrogens with zero attached hydrogens (tertiary/aromatic N) is 2. The van der Waals surface area contributed by atoms with E-state index >= 15 is 0 Å². The van der Waals surface area contributed by atoms with Crippen LogP contribution in [0.15, 0.2) is 18.5 Å². The number of hydrogen-bond acceptors (Lipinski definition) is 4. The zero-order valence-corrected chi connectivity index (χ0v) is 9.56. The van der Waals surface area contributed by atoms with Gasteiger partial charge in [0.25, 0.3) is 5.91 Å². The molecule has 1 aliphatic heterocycles. The first-order valence-electron chi connectivity index (χ1n) is 5.40. The van der Waals surface area contributed by atoms with E-state index in [0.717, 1.165) is 0 Å². The van der Waals surface area contributed by atoms with Gasteiger partial charge in [0, 0.05) is 26.3 Å². The summed E-state index contributed by atoms with van der Waals surface area (Å²) < 4.78 is 0. The zero-order chi connectivity index (χ0) is 12.3. The predicted octanol–water partition coefficient (Wildman–Crippen LogP) is -0.305. The van der Waals surface area contributed by atoms with Crippen molar-refractivity contribution in [2.24, 2.45) is 0 Å². The van der Waals surface area contributed by atoms with Crippen LogP contribution in [0.5, 0.6) is 0 Å². The summed E-state index contributed by atoms with van der Waals surface area (Å²) in [5, 5.41) is 5.60. The lowest BCUT2D eigenvalue weighted by atomic mass is 10.2. The van der Waals surface area contributed by atoms with E-state index in [9.17, 15) is 9.59 Å². The number of aromatic nitrogens is 1. The summed E-state index contributed by atoms with van der Waals surface area (Å²) in [6, 6.07) is 1.65. The Labute approximate surface area is 99.0 Å². The van der Waals surface area contributed by atoms with Crippen molar-refractivity contribution < 1.29 is 9.59 Å². The van der Waals surface area contributed by atoms with Gasteiger partial charge in [-0.2, -0.15) is 0 Å². The third-order valence-corrected chi connectivity index (χ3v) is 2.65. The number of anilines is 1. The fourth-order valence-electron chi connectivity index (χ4n) is 1.76. The topological polar surface area (TPSA) is 74.3 Å². The molecule has 1 aromatic heterocycles. The van der Waals surface area contributed by atoms with Gasteiger partial charge in [0.2, 0.25) is 5.91 Å². The molecule has 2 amide bonds. The molecule has 0 aliphatic carbocycles. The van der Waals surface area contributed by atoms with Crippen LogP contribution in [-0.4, -0.2) is 48.4 Å². The van der Waals surface area contributed by atoms with Crippen molar-refractivity contribution in [3.8, 4) is 0 Å². The van der Waals surface area contributed by atoms with Gasteiger partial charge in [0.15, 0.2) is 0 Å². The number of carbonyl (C=O) groups is 2. The number of piperazine rings is 1. The highest BCUT2D eigenvalue weighted by Crippen LogP contribution is 2.15. The van der Waals surface area contributed by atoms with E-state index in [0.29, 0.717) is 24.3 Å². The van der Waals surface area contributed by atoms with E-state index in [1.807, 2.05) is 0 Å². The summed E-state index contributed by atoms with van der Waals surface area (Å²) >= 11 is 0. The summed E-state index contributed by atoms with van der Waals surface area (Å²) in [6.45, 7) is 1.16. The SMILES string of the molecule is CNc1cnccc1C(=O)N1CCNC(=O)C1. The highest BCUT2D eigenvalue weighted by Gasteiger charge is 2.23. The van der Waals surface area contributed by atoms with Crippen molar-refractivity contribution in [3.05, 3.63) is 24.0 Å². The lowest BCUT2D eigenvalue weighted by Gasteiger charge is -2.27. The van der Waals surface area contributed by atoms with E-state index in [1.165, 1.54) is 4.90 Å². The van der Waals surface area contributed by atoms with Gasteiger partial charge in [-0.1, -0.05) is 0 Å². The highest BCUT2D eigenvalue weighted by molar-refractivity contribution is 6.01. The summed E-state index contributed by atoms with van der Waals surface area (Å²) in [5.74, 6) is -0.267. The standard InChI is InChI=1S/C11H14N4O2/c1-12-9-6-13-3-2-8(9)11(17)15-5-4-14-10(16)7-15/h2-3,6,12H,4-5,7H2,1H3,(H,14,16). The molecule has 90 valence electrons. The third kappa shape index (κ3) is 2.35. The Hall–Kier alpha value is -2.11. The van der Waals surface area contributed by atoms with Crippen LogP contribution in [-0.2, 0) is 4.79 Å². The van der Waals surface area contributed by atoms with Gasteiger partial charge in [-0.05, 0) is 6.07 Å². The van der Waals surface area contributed by atoms with Crippen LogP contribution < -0.4 is 10.6 Å². The first kappa shape index (κ1) is 11.4. The second-order valence-electron chi connectivity index (χ2n) is 3.75. The van der Waals surface area contributed by atoms with Crippen LogP contribution in [0.4, 0.5) is 5.69 Å². The van der Waals surface area contributed by atoms with Crippen molar-refractivity contribution in [2.75, 3.05) is 32.0 Å². The third-order valence-electron chi connectivity index (χ3n) is 2.65. The summed E-state index contributed by atoms with van der Waals surface area (Å²) in [5.41, 5.74) is 1.21. The normalized spacial score (nSPS) is 15.4. The van der Waals surface area contributed by atoms with Crippen LogP contribution in [0.2, 0.25) is 0 Å². The van der Waals surface area contributed by atoms with Gasteiger partial charge in [-0.3, -0.25) is 14.6 Å². The zero-order valence-electron chi connectivity index (χ0n) is 9.56. The molecule has 2 heterocycles. The molecular formula is C11H14N4O2. The predicted molar refractivity (Wildman–Crippen MR) is 62.7 cm³/mol. The maximum absolute atomic E-state index is 12.2. The molecule has 0 bridgehead atoms. The minimum absolute atomic E-state index is 0.115. The molecule has 2 rings (SSSR count). The maximum Gasteiger partial charge on any atom is 0.256 e. The van der Waals surface area contributed by atoms with Crippen molar-refractivity contribution in [2.45, 2.75) is 0 Å².